The van der Waals surface area contributed by atoms with Gasteiger partial charge in [0.05, 0.1) is 12.2 Å². The normalized spacial score (nSPS) is 15.5. The number of hydrogen-bond acceptors (Lipinski definition) is 4. The number of fused-ring (bicyclic) bond motifs is 1. The molecule has 0 saturated carbocycles. The van der Waals surface area contributed by atoms with Crippen LogP contribution in [0.3, 0.4) is 0 Å². The van der Waals surface area contributed by atoms with Gasteiger partial charge >= 0.3 is 0 Å². The van der Waals surface area contributed by atoms with Crippen molar-refractivity contribution >= 4 is 23.3 Å². The van der Waals surface area contributed by atoms with E-state index in [0.29, 0.717) is 23.3 Å². The predicted molar refractivity (Wildman–Crippen MR) is 129 cm³/mol. The molecule has 0 aliphatic carbocycles. The van der Waals surface area contributed by atoms with Gasteiger partial charge in [0.2, 0.25) is 5.91 Å². The van der Waals surface area contributed by atoms with Gasteiger partial charge < -0.3 is 0 Å². The van der Waals surface area contributed by atoms with E-state index >= 15 is 0 Å². The number of aromatic nitrogens is 4. The second-order valence-corrected chi connectivity index (χ2v) is 9.04. The molecule has 0 fully saturated rings. The molecule has 5 rings (SSSR count). The molecule has 0 N–H and O–H groups in total. The number of aryl methyl sites for hydroxylation is 3. The molecule has 1 aliphatic heterocycles. The van der Waals surface area contributed by atoms with Crippen LogP contribution in [0.5, 0.6) is 0 Å². The maximum Gasteiger partial charge on any atom is 0.252 e. The summed E-state index contributed by atoms with van der Waals surface area (Å²) < 4.78 is 15.3. The van der Waals surface area contributed by atoms with Crippen LogP contribution in [0, 0.1) is 26.6 Å². The summed E-state index contributed by atoms with van der Waals surface area (Å²) in [6, 6.07) is 15.6. The van der Waals surface area contributed by atoms with Crippen molar-refractivity contribution in [2.24, 2.45) is 0 Å². The summed E-state index contributed by atoms with van der Waals surface area (Å²) in [5, 5.41) is 5.38. The van der Waals surface area contributed by atoms with Crippen molar-refractivity contribution in [1.29, 1.82) is 0 Å². The van der Waals surface area contributed by atoms with Crippen molar-refractivity contribution in [2.75, 3.05) is 4.90 Å². The molecule has 172 valence electrons. The Bertz CT molecular complexity index is 1380. The fourth-order valence-corrected chi connectivity index (χ4v) is 4.81. The highest BCUT2D eigenvalue weighted by atomic mass is 35.5. The topological polar surface area (TPSA) is 63.9 Å². The molecular weight excluding hydrogens is 453 g/mol. The third-order valence-corrected chi connectivity index (χ3v) is 6.26. The Balaban J connectivity index is 1.71. The lowest BCUT2D eigenvalue weighted by Gasteiger charge is -2.33. The van der Waals surface area contributed by atoms with Crippen molar-refractivity contribution < 1.29 is 9.18 Å². The van der Waals surface area contributed by atoms with Gasteiger partial charge in [0, 0.05) is 34.3 Å². The highest BCUT2D eigenvalue weighted by Crippen LogP contribution is 2.43. The summed E-state index contributed by atoms with van der Waals surface area (Å²) in [5.74, 6) is 0.411. The number of carbonyl (C=O) groups excluding carboxylic acids is 1. The standard InChI is InChI=1S/C26H23ClFN5O/c1-15-11-16(2)30-26(29-15)33-25-24(17(3)31-33)22(19-7-9-21(28)10-8-19)13-23(34)32(25)14-18-5-4-6-20(27)12-18/h4-12,22H,13-14H2,1-3H3/t22-/m0/s1. The molecule has 0 unspecified atom stereocenters. The van der Waals surface area contributed by atoms with Gasteiger partial charge in [-0.15, -0.1) is 0 Å². The number of rotatable bonds is 4. The summed E-state index contributed by atoms with van der Waals surface area (Å²) in [6.07, 6.45) is 0.249. The lowest BCUT2D eigenvalue weighted by Crippen LogP contribution is -2.38. The Hall–Kier alpha value is -3.58. The van der Waals surface area contributed by atoms with E-state index in [-0.39, 0.29) is 24.1 Å². The average Bonchev–Trinajstić information content (AvgIpc) is 3.13. The molecule has 0 radical (unpaired) electrons. The first-order chi connectivity index (χ1) is 16.3. The van der Waals surface area contributed by atoms with Gasteiger partial charge in [0.25, 0.3) is 5.95 Å². The van der Waals surface area contributed by atoms with E-state index < -0.39 is 0 Å². The molecule has 3 heterocycles. The van der Waals surface area contributed by atoms with Gasteiger partial charge in [-0.05, 0) is 62.2 Å². The van der Waals surface area contributed by atoms with Crippen LogP contribution in [-0.4, -0.2) is 25.7 Å². The Morgan fingerprint density at radius 2 is 1.74 bits per heavy atom. The van der Waals surface area contributed by atoms with E-state index in [1.165, 1.54) is 12.1 Å². The zero-order valence-electron chi connectivity index (χ0n) is 19.1. The second kappa shape index (κ2) is 8.65. The molecule has 2 aromatic heterocycles. The van der Waals surface area contributed by atoms with Crippen LogP contribution in [0.2, 0.25) is 5.02 Å². The van der Waals surface area contributed by atoms with Crippen LogP contribution in [0.1, 0.15) is 46.1 Å². The Morgan fingerprint density at radius 1 is 1.03 bits per heavy atom. The van der Waals surface area contributed by atoms with Crippen LogP contribution in [0.15, 0.2) is 54.6 Å². The summed E-state index contributed by atoms with van der Waals surface area (Å²) in [7, 11) is 0. The molecular formula is C26H23ClFN5O. The van der Waals surface area contributed by atoms with E-state index in [4.69, 9.17) is 16.7 Å². The van der Waals surface area contributed by atoms with Gasteiger partial charge in [-0.2, -0.15) is 9.78 Å². The molecule has 8 heteroatoms. The van der Waals surface area contributed by atoms with Gasteiger partial charge in [0.15, 0.2) is 0 Å². The average molecular weight is 476 g/mol. The van der Waals surface area contributed by atoms with E-state index in [2.05, 4.69) is 9.97 Å². The number of amides is 1. The first kappa shape index (κ1) is 22.2. The second-order valence-electron chi connectivity index (χ2n) is 8.60. The molecule has 2 aromatic carbocycles. The molecule has 6 nitrogen and oxygen atoms in total. The minimum atomic E-state index is -0.315. The first-order valence-electron chi connectivity index (χ1n) is 11.0. The number of hydrogen-bond donors (Lipinski definition) is 0. The lowest BCUT2D eigenvalue weighted by atomic mass is 9.85. The maximum atomic E-state index is 13.6. The molecule has 34 heavy (non-hydrogen) atoms. The Morgan fingerprint density at radius 3 is 2.41 bits per heavy atom. The molecule has 0 saturated heterocycles. The first-order valence-corrected chi connectivity index (χ1v) is 11.4. The quantitative estimate of drug-likeness (QED) is 0.394. The maximum absolute atomic E-state index is 13.6. The van der Waals surface area contributed by atoms with Gasteiger partial charge in [0.1, 0.15) is 11.6 Å². The highest BCUT2D eigenvalue weighted by molar-refractivity contribution is 6.30. The number of anilines is 1. The summed E-state index contributed by atoms with van der Waals surface area (Å²) >= 11 is 6.21. The molecule has 1 aliphatic rings. The largest absolute Gasteiger partial charge is 0.292 e. The van der Waals surface area contributed by atoms with Crippen LogP contribution in [0.4, 0.5) is 10.2 Å². The van der Waals surface area contributed by atoms with Crippen LogP contribution in [0.25, 0.3) is 5.95 Å². The zero-order valence-corrected chi connectivity index (χ0v) is 19.8. The number of carbonyl (C=O) groups is 1. The smallest absolute Gasteiger partial charge is 0.252 e. The van der Waals surface area contributed by atoms with Gasteiger partial charge in [-0.3, -0.25) is 9.69 Å². The fourth-order valence-electron chi connectivity index (χ4n) is 4.60. The van der Waals surface area contributed by atoms with Crippen molar-refractivity contribution in [3.05, 3.63) is 99.2 Å². The van der Waals surface area contributed by atoms with Crippen molar-refractivity contribution in [3.8, 4) is 5.95 Å². The van der Waals surface area contributed by atoms with Crippen molar-refractivity contribution in [3.63, 3.8) is 0 Å². The zero-order chi connectivity index (χ0) is 24.0. The van der Waals surface area contributed by atoms with E-state index in [9.17, 15) is 9.18 Å². The van der Waals surface area contributed by atoms with Crippen LogP contribution in [-0.2, 0) is 11.3 Å². The summed E-state index contributed by atoms with van der Waals surface area (Å²) in [5.41, 5.74) is 5.07. The molecule has 0 bridgehead atoms. The van der Waals surface area contributed by atoms with E-state index in [1.54, 1.807) is 27.8 Å². The molecule has 0 spiro atoms. The summed E-state index contributed by atoms with van der Waals surface area (Å²) in [4.78, 5) is 24.5. The number of benzene rings is 2. The Kier molecular flexibility index (Phi) is 5.65. The highest BCUT2D eigenvalue weighted by Gasteiger charge is 2.38. The molecule has 1 atom stereocenters. The van der Waals surface area contributed by atoms with E-state index in [0.717, 1.165) is 33.8 Å². The third-order valence-electron chi connectivity index (χ3n) is 6.03. The number of nitrogens with zero attached hydrogens (tertiary/aromatic N) is 5. The van der Waals surface area contributed by atoms with Gasteiger partial charge in [-0.1, -0.05) is 35.9 Å². The lowest BCUT2D eigenvalue weighted by molar-refractivity contribution is -0.119. The van der Waals surface area contributed by atoms with Crippen molar-refractivity contribution in [2.45, 2.75) is 39.7 Å². The van der Waals surface area contributed by atoms with Crippen LogP contribution < -0.4 is 4.90 Å². The minimum absolute atomic E-state index is 0.0627. The SMILES string of the molecule is Cc1cc(C)nc(-n2nc(C)c3c2N(Cc2cccc(Cl)c2)C(=O)C[C@H]3c2ccc(F)cc2)n1. The Labute approximate surface area is 202 Å². The van der Waals surface area contributed by atoms with Gasteiger partial charge in [-0.25, -0.2) is 14.4 Å². The van der Waals surface area contributed by atoms with E-state index in [1.807, 2.05) is 45.0 Å². The molecule has 4 aromatic rings. The molecule has 1 amide bonds. The predicted octanol–water partition coefficient (Wildman–Crippen LogP) is 5.45. The minimum Gasteiger partial charge on any atom is -0.292 e. The monoisotopic (exact) mass is 475 g/mol. The fraction of sp³-hybridized carbons (Fsp3) is 0.231. The van der Waals surface area contributed by atoms with Crippen LogP contribution >= 0.6 is 11.6 Å². The number of halogens is 2. The summed E-state index contributed by atoms with van der Waals surface area (Å²) in [6.45, 7) is 6.05. The third kappa shape index (κ3) is 4.07. The van der Waals surface area contributed by atoms with Crippen molar-refractivity contribution in [1.82, 2.24) is 19.7 Å².